The fourth-order valence-electron chi connectivity index (χ4n) is 1.90. The fraction of sp³-hybridized carbons (Fsp3) is 0.286. The molecule has 0 radical (unpaired) electrons. The van der Waals surface area contributed by atoms with E-state index in [1.54, 1.807) is 5.38 Å². The van der Waals surface area contributed by atoms with Crippen molar-refractivity contribution in [1.82, 2.24) is 4.72 Å². The number of benzene rings is 1. The predicted molar refractivity (Wildman–Crippen MR) is 80.1 cm³/mol. The van der Waals surface area contributed by atoms with E-state index >= 15 is 0 Å². The lowest BCUT2D eigenvalue weighted by Gasteiger charge is -2.08. The molecule has 108 valence electrons. The average Bonchev–Trinajstić information content (AvgIpc) is 2.95. The van der Waals surface area contributed by atoms with Gasteiger partial charge in [-0.05, 0) is 34.6 Å². The maximum atomic E-state index is 12.2. The Bertz CT molecular complexity index is 677. The van der Waals surface area contributed by atoms with Gasteiger partial charge in [-0.25, -0.2) is 13.1 Å². The molecular formula is C14H17NO3S2. The molecule has 4 nitrogen and oxygen atoms in total. The molecular weight excluding hydrogens is 294 g/mol. The van der Waals surface area contributed by atoms with Crippen molar-refractivity contribution in [2.24, 2.45) is 0 Å². The molecule has 1 heterocycles. The monoisotopic (exact) mass is 311 g/mol. The highest BCUT2D eigenvalue weighted by Crippen LogP contribution is 2.20. The van der Waals surface area contributed by atoms with Crippen molar-refractivity contribution in [2.75, 3.05) is 0 Å². The van der Waals surface area contributed by atoms with Gasteiger partial charge in [0.15, 0.2) is 0 Å². The first-order chi connectivity index (χ1) is 9.56. The Hall–Kier alpha value is -1.21. The van der Waals surface area contributed by atoms with Gasteiger partial charge in [0.05, 0.1) is 6.61 Å². The molecule has 0 aliphatic heterocycles. The number of hydrogen-bond acceptors (Lipinski definition) is 4. The fourth-order valence-corrected chi connectivity index (χ4v) is 4.15. The van der Waals surface area contributed by atoms with E-state index in [0.29, 0.717) is 5.56 Å². The maximum Gasteiger partial charge on any atom is 0.250 e. The van der Waals surface area contributed by atoms with Crippen molar-refractivity contribution < 1.29 is 13.5 Å². The highest BCUT2D eigenvalue weighted by molar-refractivity contribution is 7.91. The Morgan fingerprint density at radius 3 is 2.55 bits per heavy atom. The van der Waals surface area contributed by atoms with Crippen LogP contribution in [0.2, 0.25) is 0 Å². The van der Waals surface area contributed by atoms with E-state index in [4.69, 9.17) is 5.11 Å². The van der Waals surface area contributed by atoms with Crippen LogP contribution in [0.3, 0.4) is 0 Å². The molecule has 0 spiro atoms. The highest BCUT2D eigenvalue weighted by atomic mass is 32.2. The molecule has 2 aromatic rings. The first-order valence-electron chi connectivity index (χ1n) is 6.31. The van der Waals surface area contributed by atoms with E-state index in [1.807, 2.05) is 31.2 Å². The van der Waals surface area contributed by atoms with Crippen LogP contribution in [0.4, 0.5) is 0 Å². The van der Waals surface area contributed by atoms with Crippen LogP contribution in [0, 0.1) is 0 Å². The summed E-state index contributed by atoms with van der Waals surface area (Å²) < 4.78 is 27.1. The van der Waals surface area contributed by atoms with Crippen LogP contribution < -0.4 is 4.72 Å². The quantitative estimate of drug-likeness (QED) is 0.860. The van der Waals surface area contributed by atoms with E-state index in [-0.39, 0.29) is 17.4 Å². The van der Waals surface area contributed by atoms with Crippen LogP contribution in [0.15, 0.2) is 39.9 Å². The number of sulfonamides is 1. The number of aliphatic hydroxyl groups excluding tert-OH is 1. The smallest absolute Gasteiger partial charge is 0.250 e. The summed E-state index contributed by atoms with van der Waals surface area (Å²) in [7, 11) is -3.52. The van der Waals surface area contributed by atoms with Gasteiger partial charge < -0.3 is 5.11 Å². The summed E-state index contributed by atoms with van der Waals surface area (Å²) in [5, 5.41) is 10.6. The normalized spacial score (nSPS) is 11.7. The molecule has 0 aliphatic carbocycles. The molecule has 0 bridgehead atoms. The van der Waals surface area contributed by atoms with Gasteiger partial charge in [-0.1, -0.05) is 31.2 Å². The molecule has 0 amide bonds. The van der Waals surface area contributed by atoms with Gasteiger partial charge in [0, 0.05) is 6.54 Å². The number of nitrogens with one attached hydrogen (secondary N) is 1. The van der Waals surface area contributed by atoms with Crippen molar-refractivity contribution in [2.45, 2.75) is 30.7 Å². The van der Waals surface area contributed by atoms with Crippen LogP contribution >= 0.6 is 11.3 Å². The minimum Gasteiger partial charge on any atom is -0.392 e. The molecule has 0 saturated heterocycles. The summed E-state index contributed by atoms with van der Waals surface area (Å²) in [4.78, 5) is 0. The zero-order valence-corrected chi connectivity index (χ0v) is 12.8. The van der Waals surface area contributed by atoms with Gasteiger partial charge >= 0.3 is 0 Å². The minimum atomic E-state index is -3.52. The lowest BCUT2D eigenvalue weighted by molar-refractivity contribution is 0.282. The first kappa shape index (κ1) is 15.2. The number of aliphatic hydroxyl groups is 1. The van der Waals surface area contributed by atoms with Crippen LogP contribution in [-0.2, 0) is 29.6 Å². The minimum absolute atomic E-state index is 0.148. The number of thiophene rings is 1. The van der Waals surface area contributed by atoms with Gasteiger partial charge in [-0.3, -0.25) is 0 Å². The second-order valence-electron chi connectivity index (χ2n) is 4.38. The van der Waals surface area contributed by atoms with Gasteiger partial charge in [0.2, 0.25) is 10.0 Å². The summed E-state index contributed by atoms with van der Waals surface area (Å²) in [5.74, 6) is 0. The third kappa shape index (κ3) is 3.46. The number of rotatable bonds is 6. The molecule has 0 atom stereocenters. The molecule has 1 aromatic heterocycles. The molecule has 6 heteroatoms. The Morgan fingerprint density at radius 2 is 1.95 bits per heavy atom. The summed E-state index contributed by atoms with van der Waals surface area (Å²) >= 11 is 1.12. The van der Waals surface area contributed by atoms with Crippen LogP contribution in [0.5, 0.6) is 0 Å². The third-order valence-corrected chi connectivity index (χ3v) is 5.92. The van der Waals surface area contributed by atoms with Crippen molar-refractivity contribution in [3.05, 3.63) is 52.4 Å². The molecule has 2 N–H and O–H groups in total. The molecule has 2 rings (SSSR count). The third-order valence-electron chi connectivity index (χ3n) is 3.03. The zero-order chi connectivity index (χ0) is 14.6. The number of aryl methyl sites for hydroxylation is 1. The molecule has 0 aliphatic rings. The number of hydrogen-bond donors (Lipinski definition) is 2. The van der Waals surface area contributed by atoms with E-state index < -0.39 is 10.0 Å². The molecule has 20 heavy (non-hydrogen) atoms. The van der Waals surface area contributed by atoms with Gasteiger partial charge in [-0.15, -0.1) is 11.3 Å². The second kappa shape index (κ2) is 6.49. The van der Waals surface area contributed by atoms with E-state index in [9.17, 15) is 8.42 Å². The Morgan fingerprint density at radius 1 is 1.25 bits per heavy atom. The largest absolute Gasteiger partial charge is 0.392 e. The summed E-state index contributed by atoms with van der Waals surface area (Å²) in [6, 6.07) is 9.27. The van der Waals surface area contributed by atoms with Crippen LogP contribution in [0.1, 0.15) is 23.6 Å². The summed E-state index contributed by atoms with van der Waals surface area (Å²) in [6.07, 6.45) is 0.867. The molecule has 0 saturated carbocycles. The Balaban J connectivity index is 2.13. The van der Waals surface area contributed by atoms with Crippen LogP contribution in [0.25, 0.3) is 0 Å². The molecule has 0 unspecified atom stereocenters. The SMILES string of the molecule is CCc1ccccc1CNS(=O)(=O)c1cc(CO)cs1. The molecule has 0 fully saturated rings. The van der Waals surface area contributed by atoms with Gasteiger partial charge in [0.1, 0.15) is 4.21 Å². The van der Waals surface area contributed by atoms with Gasteiger partial charge in [-0.2, -0.15) is 0 Å². The van der Waals surface area contributed by atoms with E-state index in [2.05, 4.69) is 4.72 Å². The van der Waals surface area contributed by atoms with E-state index in [1.165, 1.54) is 6.07 Å². The molecule has 1 aromatic carbocycles. The zero-order valence-electron chi connectivity index (χ0n) is 11.2. The summed E-state index contributed by atoms with van der Waals surface area (Å²) in [5.41, 5.74) is 2.74. The maximum absolute atomic E-state index is 12.2. The van der Waals surface area contributed by atoms with Crippen LogP contribution in [-0.4, -0.2) is 13.5 Å². The standard InChI is InChI=1S/C14H17NO3S2/c1-2-12-5-3-4-6-13(12)8-15-20(17,18)14-7-11(9-16)10-19-14/h3-7,10,15-16H,2,8-9H2,1H3. The average molecular weight is 311 g/mol. The lowest BCUT2D eigenvalue weighted by atomic mass is 10.1. The van der Waals surface area contributed by atoms with E-state index in [0.717, 1.165) is 28.9 Å². The van der Waals surface area contributed by atoms with Crippen molar-refractivity contribution in [3.63, 3.8) is 0 Å². The second-order valence-corrected chi connectivity index (χ2v) is 7.28. The Kier molecular flexibility index (Phi) is 4.93. The Labute approximate surface area is 123 Å². The van der Waals surface area contributed by atoms with Crippen molar-refractivity contribution >= 4 is 21.4 Å². The van der Waals surface area contributed by atoms with Crippen molar-refractivity contribution in [3.8, 4) is 0 Å². The topological polar surface area (TPSA) is 66.4 Å². The predicted octanol–water partition coefficient (Wildman–Crippen LogP) is 2.28. The highest BCUT2D eigenvalue weighted by Gasteiger charge is 2.16. The first-order valence-corrected chi connectivity index (χ1v) is 8.68. The van der Waals surface area contributed by atoms with Gasteiger partial charge in [0.25, 0.3) is 0 Å². The lowest BCUT2D eigenvalue weighted by Crippen LogP contribution is -2.23. The summed E-state index contributed by atoms with van der Waals surface area (Å²) in [6.45, 7) is 2.17. The van der Waals surface area contributed by atoms with Crippen molar-refractivity contribution in [1.29, 1.82) is 0 Å².